The average Bonchev–Trinajstić information content (AvgIpc) is 1.65. The van der Waals surface area contributed by atoms with Crippen LogP contribution in [0.15, 0.2) is 0 Å². The van der Waals surface area contributed by atoms with E-state index < -0.39 is 0 Å². The zero-order valence-corrected chi connectivity index (χ0v) is 11.0. The minimum absolute atomic E-state index is 0. The van der Waals surface area contributed by atoms with Crippen molar-refractivity contribution in [3.8, 4) is 0 Å². The predicted octanol–water partition coefficient (Wildman–Crippen LogP) is 2.07. The van der Waals surface area contributed by atoms with E-state index in [2.05, 4.69) is 20.8 Å². The van der Waals surface area contributed by atoms with Crippen molar-refractivity contribution < 1.29 is 0 Å². The minimum Gasteiger partial charge on any atom is -0.343 e. The molecule has 0 aliphatic carbocycles. The molecule has 0 aromatic carbocycles. The van der Waals surface area contributed by atoms with Crippen LogP contribution >= 0.6 is 0 Å². The molecular formula is C6H12Cm2-2. The molecule has 0 aromatic rings. The van der Waals surface area contributed by atoms with E-state index in [9.17, 15) is 0 Å². The Morgan fingerprint density at radius 3 is 1.38 bits per heavy atom. The second kappa shape index (κ2) is 8.89. The van der Waals surface area contributed by atoms with Crippen LogP contribution in [0.5, 0.6) is 0 Å². The molecule has 0 atom stereocenters. The smallest absolute Gasteiger partial charge is 0 e. The Balaban J connectivity index is -0.000000125. The summed E-state index contributed by atoms with van der Waals surface area (Å²) < 4.78 is 0. The summed E-state index contributed by atoms with van der Waals surface area (Å²) in [5.74, 6) is 0.713. The van der Waals surface area contributed by atoms with Gasteiger partial charge in [0, 0.05) is 0 Å². The van der Waals surface area contributed by atoms with Crippen LogP contribution in [-0.2, 0) is 0 Å². The summed E-state index contributed by atoms with van der Waals surface area (Å²) in [6, 6.07) is 0. The van der Waals surface area contributed by atoms with Gasteiger partial charge in [-0.15, -0.1) is 0 Å². The van der Waals surface area contributed by atoms with Crippen LogP contribution in [0.3, 0.4) is 0 Å². The number of hydrogen-bond acceptors (Lipinski definition) is 0. The Morgan fingerprint density at radius 2 is 1.38 bits per heavy atom. The van der Waals surface area contributed by atoms with Crippen molar-refractivity contribution in [1.82, 2.24) is 0 Å². The monoisotopic (exact) mass is 570 g/mol. The summed E-state index contributed by atoms with van der Waals surface area (Å²) in [6.45, 7) is 9.59. The SMILES string of the molecule is [CH2-]CC(C)C[CH2-].[Cm].[Cm]. The Hall–Kier alpha value is -2.00. The summed E-state index contributed by atoms with van der Waals surface area (Å²) in [6.07, 6.45) is 2.03. The molecular weight excluding hydrogens is 566 g/mol. The van der Waals surface area contributed by atoms with Crippen LogP contribution in [0, 0.1) is 19.8 Å². The van der Waals surface area contributed by atoms with E-state index >= 15 is 0 Å². The quantitative estimate of drug-likeness (QED) is 0.441. The van der Waals surface area contributed by atoms with Gasteiger partial charge in [-0.25, -0.2) is 0 Å². The van der Waals surface area contributed by atoms with Crippen molar-refractivity contribution in [2.45, 2.75) is 19.8 Å². The maximum Gasteiger partial charge on any atom is 0 e. The Bertz CT molecular complexity index is 25.7. The van der Waals surface area contributed by atoms with E-state index in [-0.39, 0.29) is 0 Å². The summed E-state index contributed by atoms with van der Waals surface area (Å²) in [5.41, 5.74) is 0. The van der Waals surface area contributed by atoms with Crippen LogP contribution in [-0.4, -0.2) is 0 Å². The molecule has 0 radical (unpaired) electrons. The Labute approximate surface area is 40.6 Å². The van der Waals surface area contributed by atoms with E-state index in [1.54, 1.807) is 0 Å². The maximum atomic E-state index is 3.72. The second-order valence-corrected chi connectivity index (χ2v) is 1.68. The summed E-state index contributed by atoms with van der Waals surface area (Å²) >= 11 is 0. The second-order valence-electron chi connectivity index (χ2n) is 1.68. The zero-order chi connectivity index (χ0) is 4.99. The molecule has 54 valence electrons. The first-order valence-corrected chi connectivity index (χ1v) is 2.39. The standard InChI is InChI=1S/C6H12.2Cm/c1-4-6(3)5-2;;/h6H,1-2,4-5H2,3H3;;/q-2;;. The third-order valence-electron chi connectivity index (χ3n) is 0.986. The molecule has 0 nitrogen and oxygen atoms in total. The molecule has 2 heteroatoms. The molecule has 0 rings (SSSR count). The van der Waals surface area contributed by atoms with E-state index in [0.29, 0.717) is 5.92 Å². The van der Waals surface area contributed by atoms with Crippen molar-refractivity contribution in [1.29, 1.82) is 0 Å². The fourth-order valence-electron chi connectivity index (χ4n) is 0.144. The normalized spacial score (nSPS) is 7.50. The first-order chi connectivity index (χ1) is 2.81. The molecule has 0 amide bonds. The van der Waals surface area contributed by atoms with Gasteiger partial charge in [-0.05, 0) is 0 Å². The molecule has 0 bridgehead atoms. The summed E-state index contributed by atoms with van der Waals surface area (Å²) in [7, 11) is 0. The molecule has 0 aromatic heterocycles. The van der Waals surface area contributed by atoms with Gasteiger partial charge < -0.3 is 13.8 Å². The van der Waals surface area contributed by atoms with E-state index in [1.807, 2.05) is 0 Å². The van der Waals surface area contributed by atoms with Gasteiger partial charge in [-0.1, -0.05) is 12.8 Å². The largest absolute Gasteiger partial charge is 0.343 e. The number of rotatable bonds is 2. The van der Waals surface area contributed by atoms with Gasteiger partial charge in [0.25, 0.3) is 0 Å². The molecule has 8 heavy (non-hydrogen) atoms. The van der Waals surface area contributed by atoms with Gasteiger partial charge >= 0.3 is 0 Å². The molecule has 0 aliphatic rings. The fourth-order valence-corrected chi connectivity index (χ4v) is 0.144. The van der Waals surface area contributed by atoms with Gasteiger partial charge in [-0.3, -0.25) is 0 Å². The van der Waals surface area contributed by atoms with Gasteiger partial charge in [0.2, 0.25) is 0 Å². The molecule has 0 spiro atoms. The van der Waals surface area contributed by atoms with Crippen LogP contribution in [0.2, 0.25) is 0 Å². The van der Waals surface area contributed by atoms with Crippen molar-refractivity contribution in [2.75, 3.05) is 0 Å². The van der Waals surface area contributed by atoms with Crippen LogP contribution < -0.4 is 0 Å². The van der Waals surface area contributed by atoms with Gasteiger partial charge in [-0.2, -0.15) is 12.8 Å². The van der Waals surface area contributed by atoms with Gasteiger partial charge in [0.05, 0.1) is 0 Å². The predicted molar refractivity (Wildman–Crippen MR) is 29.1 cm³/mol. The maximum absolute atomic E-state index is 3.72. The van der Waals surface area contributed by atoms with Crippen LogP contribution in [0.25, 0.3) is 0 Å². The van der Waals surface area contributed by atoms with E-state index in [0.717, 1.165) is 12.8 Å². The van der Waals surface area contributed by atoms with Gasteiger partial charge in [0.15, 0.2) is 0 Å². The molecule has 0 heterocycles. The first kappa shape index (κ1) is 16.7. The Morgan fingerprint density at radius 1 is 1.12 bits per heavy atom. The molecule has 0 saturated carbocycles. The van der Waals surface area contributed by atoms with E-state index in [4.69, 9.17) is 0 Å². The molecule has 0 saturated heterocycles. The third-order valence-corrected chi connectivity index (χ3v) is 0.986. The average molecular weight is 578 g/mol. The fraction of sp³-hybridized carbons (Fsp3) is 0.667. The zero-order valence-electron chi connectivity index (χ0n) is 5.11. The van der Waals surface area contributed by atoms with Crippen LogP contribution in [0.4, 0.5) is 0 Å². The first-order valence-electron chi connectivity index (χ1n) is 2.39. The van der Waals surface area contributed by atoms with Crippen molar-refractivity contribution >= 4 is 0 Å². The molecule has 0 unspecified atom stereocenters. The van der Waals surface area contributed by atoms with Crippen molar-refractivity contribution in [3.63, 3.8) is 0 Å². The molecule has 0 N–H and O–H groups in total. The Kier molecular flexibility index (Phi) is 18.5. The summed E-state index contributed by atoms with van der Waals surface area (Å²) in [5, 5.41) is 0. The topological polar surface area (TPSA) is 0 Å². The van der Waals surface area contributed by atoms with Crippen molar-refractivity contribution in [2.24, 2.45) is 5.92 Å². The van der Waals surface area contributed by atoms with Crippen LogP contribution in [0.1, 0.15) is 19.8 Å². The van der Waals surface area contributed by atoms with Gasteiger partial charge in [0.1, 0.15) is 0 Å². The summed E-state index contributed by atoms with van der Waals surface area (Å²) in [4.78, 5) is 0. The van der Waals surface area contributed by atoms with E-state index in [1.165, 1.54) is 0 Å². The molecule has 0 fully saturated rings. The molecule has 0 aliphatic heterocycles. The van der Waals surface area contributed by atoms with Crippen molar-refractivity contribution in [3.05, 3.63) is 13.8 Å². The number of hydrogen-bond donors (Lipinski definition) is 0. The third kappa shape index (κ3) is 9.00. The minimum atomic E-state index is 0.